The van der Waals surface area contributed by atoms with Gasteiger partial charge in [0.1, 0.15) is 0 Å². The van der Waals surface area contributed by atoms with Crippen LogP contribution < -0.4 is 5.32 Å². The number of unbranched alkanes of at least 4 members (excludes halogenated alkanes) is 1. The van der Waals surface area contributed by atoms with Crippen LogP contribution in [0.4, 0.5) is 0 Å². The lowest BCUT2D eigenvalue weighted by Gasteiger charge is -2.32. The first-order chi connectivity index (χ1) is 6.65. The van der Waals surface area contributed by atoms with Gasteiger partial charge in [0.05, 0.1) is 13.1 Å². The molecular weight excluding hydrogens is 180 g/mol. The van der Waals surface area contributed by atoms with Gasteiger partial charge in [-0.1, -0.05) is 19.8 Å². The summed E-state index contributed by atoms with van der Waals surface area (Å²) in [5.74, 6) is -0.0128. The van der Waals surface area contributed by atoms with E-state index in [1.54, 1.807) is 4.90 Å². The fraction of sp³-hybridized carbons (Fsp3) is 0.800. The molecule has 1 atom stereocenters. The van der Waals surface area contributed by atoms with Crippen molar-refractivity contribution in [2.75, 3.05) is 13.1 Å². The summed E-state index contributed by atoms with van der Waals surface area (Å²) >= 11 is 0. The lowest BCUT2D eigenvalue weighted by atomic mass is 10.1. The third kappa shape index (κ3) is 2.72. The molecule has 0 aromatic rings. The summed E-state index contributed by atoms with van der Waals surface area (Å²) in [6.45, 7) is 4.52. The van der Waals surface area contributed by atoms with E-state index in [9.17, 15) is 9.59 Å². The van der Waals surface area contributed by atoms with Gasteiger partial charge in [0, 0.05) is 6.04 Å². The summed E-state index contributed by atoms with van der Waals surface area (Å²) < 4.78 is 0. The molecule has 80 valence electrons. The molecule has 1 unspecified atom stereocenters. The van der Waals surface area contributed by atoms with Crippen molar-refractivity contribution < 1.29 is 9.59 Å². The molecule has 1 aliphatic heterocycles. The van der Waals surface area contributed by atoms with Crippen LogP contribution in [-0.4, -0.2) is 35.8 Å². The molecule has 0 spiro atoms. The molecular formula is C10H18N2O2. The molecule has 0 aromatic heterocycles. The molecule has 1 rings (SSSR count). The third-order valence-corrected chi connectivity index (χ3v) is 2.58. The van der Waals surface area contributed by atoms with Crippen LogP contribution in [0.2, 0.25) is 0 Å². The Kier molecular flexibility index (Phi) is 3.92. The number of nitrogens with one attached hydrogen (secondary N) is 1. The number of carbonyl (C=O) groups excluding carboxylic acids is 2. The number of amides is 2. The maximum atomic E-state index is 11.5. The molecule has 1 N–H and O–H groups in total. The molecule has 4 heteroatoms. The standard InChI is InChI=1S/C10H18N2O2/c1-3-4-5-8(2)12-7-9(13)11-6-10(12)14/h8H,3-7H2,1-2H3,(H,11,13). The number of hydrogen-bond donors (Lipinski definition) is 1. The monoisotopic (exact) mass is 198 g/mol. The first kappa shape index (κ1) is 11.0. The van der Waals surface area contributed by atoms with E-state index >= 15 is 0 Å². The second-order valence-corrected chi connectivity index (χ2v) is 3.79. The second kappa shape index (κ2) is 4.98. The van der Waals surface area contributed by atoms with Gasteiger partial charge < -0.3 is 10.2 Å². The number of hydrogen-bond acceptors (Lipinski definition) is 2. The Bertz CT molecular complexity index is 228. The number of nitrogens with zero attached hydrogens (tertiary/aromatic N) is 1. The quantitative estimate of drug-likeness (QED) is 0.716. The lowest BCUT2D eigenvalue weighted by Crippen LogP contribution is -2.54. The topological polar surface area (TPSA) is 49.4 Å². The van der Waals surface area contributed by atoms with E-state index in [0.29, 0.717) is 0 Å². The summed E-state index contributed by atoms with van der Waals surface area (Å²) in [5.41, 5.74) is 0. The highest BCUT2D eigenvalue weighted by molar-refractivity contribution is 5.92. The van der Waals surface area contributed by atoms with Crippen LogP contribution in [0.1, 0.15) is 33.1 Å². The summed E-state index contributed by atoms with van der Waals surface area (Å²) in [5, 5.41) is 2.54. The predicted octanol–water partition coefficient (Wildman–Crippen LogP) is 0.523. The molecule has 0 saturated carbocycles. The van der Waals surface area contributed by atoms with E-state index in [1.807, 2.05) is 6.92 Å². The molecule has 1 aliphatic rings. The maximum Gasteiger partial charge on any atom is 0.242 e. The van der Waals surface area contributed by atoms with Gasteiger partial charge in [-0.15, -0.1) is 0 Å². The van der Waals surface area contributed by atoms with Crippen LogP contribution in [0, 0.1) is 0 Å². The average molecular weight is 198 g/mol. The van der Waals surface area contributed by atoms with Crippen molar-refractivity contribution in [3.63, 3.8) is 0 Å². The Labute approximate surface area is 84.7 Å². The summed E-state index contributed by atoms with van der Waals surface area (Å²) in [4.78, 5) is 24.2. The highest BCUT2D eigenvalue weighted by atomic mass is 16.2. The molecule has 0 bridgehead atoms. The molecule has 0 aromatic carbocycles. The Morgan fingerprint density at radius 2 is 2.21 bits per heavy atom. The number of carbonyl (C=O) groups is 2. The summed E-state index contributed by atoms with van der Waals surface area (Å²) in [7, 11) is 0. The molecule has 2 amide bonds. The largest absolute Gasteiger partial charge is 0.345 e. The zero-order valence-electron chi connectivity index (χ0n) is 8.88. The van der Waals surface area contributed by atoms with Crippen LogP contribution in [-0.2, 0) is 9.59 Å². The minimum Gasteiger partial charge on any atom is -0.345 e. The van der Waals surface area contributed by atoms with Crippen molar-refractivity contribution in [1.29, 1.82) is 0 Å². The second-order valence-electron chi connectivity index (χ2n) is 3.79. The highest BCUT2D eigenvalue weighted by Crippen LogP contribution is 2.09. The van der Waals surface area contributed by atoms with E-state index in [4.69, 9.17) is 0 Å². The first-order valence-electron chi connectivity index (χ1n) is 5.21. The van der Waals surface area contributed by atoms with Crippen molar-refractivity contribution in [3.8, 4) is 0 Å². The van der Waals surface area contributed by atoms with Gasteiger partial charge >= 0.3 is 0 Å². The normalized spacial score (nSPS) is 19.4. The molecule has 0 aliphatic carbocycles. The minimum atomic E-state index is -0.0482. The molecule has 0 radical (unpaired) electrons. The maximum absolute atomic E-state index is 11.5. The van der Waals surface area contributed by atoms with E-state index in [0.717, 1.165) is 19.3 Å². The highest BCUT2D eigenvalue weighted by Gasteiger charge is 2.26. The smallest absolute Gasteiger partial charge is 0.242 e. The zero-order valence-corrected chi connectivity index (χ0v) is 8.88. The Morgan fingerprint density at radius 1 is 1.50 bits per heavy atom. The molecule has 1 fully saturated rings. The summed E-state index contributed by atoms with van der Waals surface area (Å²) in [6, 6.07) is 0.188. The van der Waals surface area contributed by atoms with Gasteiger partial charge in [0.25, 0.3) is 0 Å². The first-order valence-corrected chi connectivity index (χ1v) is 5.21. The Balaban J connectivity index is 2.47. The molecule has 1 saturated heterocycles. The van der Waals surface area contributed by atoms with Gasteiger partial charge in [-0.25, -0.2) is 0 Å². The minimum absolute atomic E-state index is 0.0354. The third-order valence-electron chi connectivity index (χ3n) is 2.58. The van der Waals surface area contributed by atoms with Crippen LogP contribution in [0.25, 0.3) is 0 Å². The van der Waals surface area contributed by atoms with Gasteiger partial charge in [-0.3, -0.25) is 9.59 Å². The van der Waals surface area contributed by atoms with Crippen molar-refractivity contribution in [1.82, 2.24) is 10.2 Å². The number of piperazine rings is 1. The van der Waals surface area contributed by atoms with Crippen LogP contribution in [0.15, 0.2) is 0 Å². The fourth-order valence-corrected chi connectivity index (χ4v) is 1.63. The number of rotatable bonds is 4. The molecule has 4 nitrogen and oxygen atoms in total. The zero-order chi connectivity index (χ0) is 10.6. The van der Waals surface area contributed by atoms with Crippen molar-refractivity contribution in [2.24, 2.45) is 0 Å². The average Bonchev–Trinajstić information content (AvgIpc) is 2.18. The van der Waals surface area contributed by atoms with Gasteiger partial charge in [-0.2, -0.15) is 0 Å². The summed E-state index contributed by atoms with van der Waals surface area (Å²) in [6.07, 6.45) is 3.21. The Hall–Kier alpha value is -1.06. The lowest BCUT2D eigenvalue weighted by molar-refractivity contribution is -0.142. The van der Waals surface area contributed by atoms with Crippen LogP contribution >= 0.6 is 0 Å². The molecule has 14 heavy (non-hydrogen) atoms. The Morgan fingerprint density at radius 3 is 2.86 bits per heavy atom. The van der Waals surface area contributed by atoms with Crippen LogP contribution in [0.3, 0.4) is 0 Å². The van der Waals surface area contributed by atoms with E-state index in [-0.39, 0.29) is 30.9 Å². The predicted molar refractivity (Wildman–Crippen MR) is 53.7 cm³/mol. The van der Waals surface area contributed by atoms with Crippen LogP contribution in [0.5, 0.6) is 0 Å². The van der Waals surface area contributed by atoms with Gasteiger partial charge in [0.2, 0.25) is 11.8 Å². The van der Waals surface area contributed by atoms with E-state index < -0.39 is 0 Å². The molecule has 1 heterocycles. The SMILES string of the molecule is CCCCC(C)N1CC(=O)NCC1=O. The van der Waals surface area contributed by atoms with Crippen molar-refractivity contribution in [2.45, 2.75) is 39.2 Å². The van der Waals surface area contributed by atoms with Gasteiger partial charge in [0.15, 0.2) is 0 Å². The van der Waals surface area contributed by atoms with E-state index in [1.165, 1.54) is 0 Å². The van der Waals surface area contributed by atoms with E-state index in [2.05, 4.69) is 12.2 Å². The van der Waals surface area contributed by atoms with Crippen molar-refractivity contribution >= 4 is 11.8 Å². The van der Waals surface area contributed by atoms with Gasteiger partial charge in [-0.05, 0) is 13.3 Å². The fourth-order valence-electron chi connectivity index (χ4n) is 1.63. The van der Waals surface area contributed by atoms with Crippen molar-refractivity contribution in [3.05, 3.63) is 0 Å².